The molecule has 0 amide bonds. The van der Waals surface area contributed by atoms with Gasteiger partial charge in [-0.25, -0.2) is 8.42 Å². The molecule has 0 saturated heterocycles. The van der Waals surface area contributed by atoms with Crippen LogP contribution in [0.1, 0.15) is 32.3 Å². The van der Waals surface area contributed by atoms with Crippen LogP contribution < -0.4 is 0 Å². The molecule has 1 rings (SSSR count). The number of nitrogens with zero attached hydrogens (tertiary/aromatic N) is 2. The van der Waals surface area contributed by atoms with Gasteiger partial charge in [-0.2, -0.15) is 5.26 Å². The summed E-state index contributed by atoms with van der Waals surface area (Å²) in [4.78, 5) is 2.39. The Balaban J connectivity index is 2.72. The van der Waals surface area contributed by atoms with Crippen molar-refractivity contribution >= 4 is 9.84 Å². The smallest absolute Gasteiger partial charge is 0.179 e. The molecule has 1 aromatic rings. The van der Waals surface area contributed by atoms with Crippen LogP contribution in [0.4, 0.5) is 0 Å². The van der Waals surface area contributed by atoms with Gasteiger partial charge in [0, 0.05) is 6.54 Å². The number of benzene rings is 1. The molecular formula is C15H22N2O2S. The van der Waals surface area contributed by atoms with E-state index in [0.29, 0.717) is 12.1 Å². The third-order valence-corrected chi connectivity index (χ3v) is 4.97. The van der Waals surface area contributed by atoms with Crippen LogP contribution in [-0.2, 0) is 9.84 Å². The first kappa shape index (κ1) is 16.7. The minimum atomic E-state index is -3.32. The monoisotopic (exact) mass is 294 g/mol. The van der Waals surface area contributed by atoms with Gasteiger partial charge in [0.1, 0.15) is 0 Å². The Morgan fingerprint density at radius 2 is 2.00 bits per heavy atom. The second kappa shape index (κ2) is 8.03. The molecule has 0 aliphatic rings. The highest BCUT2D eigenvalue weighted by atomic mass is 32.2. The van der Waals surface area contributed by atoms with Crippen molar-refractivity contribution in [2.24, 2.45) is 0 Å². The highest BCUT2D eigenvalue weighted by Crippen LogP contribution is 2.13. The van der Waals surface area contributed by atoms with E-state index in [-0.39, 0.29) is 10.6 Å². The number of unbranched alkanes of at least 4 members (excludes halogenated alkanes) is 1. The van der Waals surface area contributed by atoms with Crippen LogP contribution in [0.3, 0.4) is 0 Å². The normalized spacial score (nSPS) is 11.5. The second-order valence-corrected chi connectivity index (χ2v) is 6.86. The summed E-state index contributed by atoms with van der Waals surface area (Å²) in [6.45, 7) is 6.49. The Labute approximate surface area is 121 Å². The first-order chi connectivity index (χ1) is 9.53. The first-order valence-corrected chi connectivity index (χ1v) is 8.64. The maximum Gasteiger partial charge on any atom is 0.179 e. The van der Waals surface area contributed by atoms with Crippen LogP contribution in [0.15, 0.2) is 29.2 Å². The lowest BCUT2D eigenvalue weighted by Gasteiger charge is -2.19. The van der Waals surface area contributed by atoms with E-state index in [9.17, 15) is 8.42 Å². The predicted molar refractivity (Wildman–Crippen MR) is 80.2 cm³/mol. The van der Waals surface area contributed by atoms with Crippen molar-refractivity contribution in [2.75, 3.05) is 25.4 Å². The molecule has 0 unspecified atom stereocenters. The van der Waals surface area contributed by atoms with Crippen molar-refractivity contribution in [2.45, 2.75) is 31.6 Å². The van der Waals surface area contributed by atoms with Gasteiger partial charge in [-0.1, -0.05) is 26.3 Å². The number of hydrogen-bond donors (Lipinski definition) is 0. The molecule has 0 radical (unpaired) electrons. The zero-order valence-corrected chi connectivity index (χ0v) is 13.0. The highest BCUT2D eigenvalue weighted by molar-refractivity contribution is 7.91. The van der Waals surface area contributed by atoms with Crippen molar-refractivity contribution in [1.29, 1.82) is 5.26 Å². The van der Waals surface area contributed by atoms with Crippen LogP contribution in [0.2, 0.25) is 0 Å². The summed E-state index contributed by atoms with van der Waals surface area (Å²) in [5, 5.41) is 8.83. The largest absolute Gasteiger partial charge is 0.303 e. The summed E-state index contributed by atoms with van der Waals surface area (Å²) in [6.07, 6.45) is 2.19. The van der Waals surface area contributed by atoms with Crippen LogP contribution in [0.25, 0.3) is 0 Å². The molecule has 0 atom stereocenters. The summed E-state index contributed by atoms with van der Waals surface area (Å²) in [7, 11) is -3.32. The van der Waals surface area contributed by atoms with Crippen LogP contribution in [0, 0.1) is 11.3 Å². The molecule has 1 aromatic carbocycles. The fraction of sp³-hybridized carbons (Fsp3) is 0.533. The SMILES string of the molecule is CCCCN(CC)CCS(=O)(=O)c1cccc(C#N)c1. The molecule has 0 fully saturated rings. The fourth-order valence-corrected chi connectivity index (χ4v) is 3.26. The average Bonchev–Trinajstić information content (AvgIpc) is 2.47. The van der Waals surface area contributed by atoms with Crippen molar-refractivity contribution in [3.8, 4) is 6.07 Å². The zero-order valence-electron chi connectivity index (χ0n) is 12.2. The van der Waals surface area contributed by atoms with Crippen LogP contribution in [-0.4, -0.2) is 38.7 Å². The lowest BCUT2D eigenvalue weighted by molar-refractivity contribution is 0.299. The molecular weight excluding hydrogens is 272 g/mol. The van der Waals surface area contributed by atoms with E-state index < -0.39 is 9.84 Å². The van der Waals surface area contributed by atoms with Crippen LogP contribution >= 0.6 is 0 Å². The van der Waals surface area contributed by atoms with E-state index >= 15 is 0 Å². The lowest BCUT2D eigenvalue weighted by atomic mass is 10.2. The summed E-state index contributed by atoms with van der Waals surface area (Å²) in [5.41, 5.74) is 0.379. The molecule has 0 aliphatic carbocycles. The molecule has 0 saturated carbocycles. The summed E-state index contributed by atoms with van der Waals surface area (Å²) < 4.78 is 24.5. The molecule has 0 N–H and O–H groups in total. The van der Waals surface area contributed by atoms with E-state index in [2.05, 4.69) is 11.8 Å². The Kier molecular flexibility index (Phi) is 6.69. The summed E-state index contributed by atoms with van der Waals surface area (Å²) >= 11 is 0. The van der Waals surface area contributed by atoms with Crippen molar-refractivity contribution < 1.29 is 8.42 Å². The van der Waals surface area contributed by atoms with Crippen molar-refractivity contribution in [3.05, 3.63) is 29.8 Å². The third kappa shape index (κ3) is 4.95. The summed E-state index contributed by atoms with van der Waals surface area (Å²) in [5.74, 6) is 0.0967. The number of sulfone groups is 1. The zero-order chi connectivity index (χ0) is 15.0. The minimum absolute atomic E-state index is 0.0967. The van der Waals surface area contributed by atoms with Gasteiger partial charge in [0.15, 0.2) is 9.84 Å². The quantitative estimate of drug-likeness (QED) is 0.739. The van der Waals surface area contributed by atoms with Gasteiger partial charge < -0.3 is 4.90 Å². The van der Waals surface area contributed by atoms with E-state index in [1.54, 1.807) is 18.2 Å². The van der Waals surface area contributed by atoms with Gasteiger partial charge >= 0.3 is 0 Å². The van der Waals surface area contributed by atoms with Gasteiger partial charge in [-0.15, -0.1) is 0 Å². The van der Waals surface area contributed by atoms with Gasteiger partial charge in [0.05, 0.1) is 22.3 Å². The van der Waals surface area contributed by atoms with E-state index in [4.69, 9.17) is 5.26 Å². The second-order valence-electron chi connectivity index (χ2n) is 4.75. The van der Waals surface area contributed by atoms with Crippen molar-refractivity contribution in [3.63, 3.8) is 0 Å². The van der Waals surface area contributed by atoms with Crippen LogP contribution in [0.5, 0.6) is 0 Å². The number of nitriles is 1. The highest BCUT2D eigenvalue weighted by Gasteiger charge is 2.16. The van der Waals surface area contributed by atoms with Gasteiger partial charge in [-0.3, -0.25) is 0 Å². The molecule has 0 aliphatic heterocycles. The summed E-state index contributed by atoms with van der Waals surface area (Å²) in [6, 6.07) is 8.19. The molecule has 0 spiro atoms. The first-order valence-electron chi connectivity index (χ1n) is 6.98. The average molecular weight is 294 g/mol. The molecule has 0 bridgehead atoms. The Morgan fingerprint density at radius 3 is 2.60 bits per heavy atom. The molecule has 0 heterocycles. The van der Waals surface area contributed by atoms with Gasteiger partial charge in [-0.05, 0) is 37.7 Å². The molecule has 0 aromatic heterocycles. The maximum absolute atomic E-state index is 12.3. The Morgan fingerprint density at radius 1 is 1.25 bits per heavy atom. The molecule has 5 heteroatoms. The molecule has 20 heavy (non-hydrogen) atoms. The lowest BCUT2D eigenvalue weighted by Crippen LogP contribution is -2.30. The molecule has 110 valence electrons. The Hall–Kier alpha value is -1.38. The number of rotatable bonds is 8. The Bertz CT molecular complexity index is 561. The van der Waals surface area contributed by atoms with Crippen molar-refractivity contribution in [1.82, 2.24) is 4.90 Å². The van der Waals surface area contributed by atoms with E-state index in [1.165, 1.54) is 6.07 Å². The van der Waals surface area contributed by atoms with Gasteiger partial charge in [0.2, 0.25) is 0 Å². The minimum Gasteiger partial charge on any atom is -0.303 e. The standard InChI is InChI=1S/C15H22N2O2S/c1-3-5-9-17(4-2)10-11-20(18,19)15-8-6-7-14(12-15)13-16/h6-8,12H,3-5,9-11H2,1-2H3. The van der Waals surface area contributed by atoms with E-state index in [1.807, 2.05) is 13.0 Å². The third-order valence-electron chi connectivity index (χ3n) is 3.27. The maximum atomic E-state index is 12.3. The van der Waals surface area contributed by atoms with E-state index in [0.717, 1.165) is 25.9 Å². The molecule has 4 nitrogen and oxygen atoms in total. The number of hydrogen-bond acceptors (Lipinski definition) is 4. The fourth-order valence-electron chi connectivity index (χ4n) is 1.94. The topological polar surface area (TPSA) is 61.2 Å². The predicted octanol–water partition coefficient (Wildman–Crippen LogP) is 2.45. The van der Waals surface area contributed by atoms with Gasteiger partial charge in [0.25, 0.3) is 0 Å².